The molecule has 9 nitrogen and oxygen atoms in total. The van der Waals surface area contributed by atoms with E-state index >= 15 is 0 Å². The molecule has 2 heterocycles. The molecule has 0 spiro atoms. The lowest BCUT2D eigenvalue weighted by molar-refractivity contribution is -0.127. The molecule has 0 saturated carbocycles. The molecular formula is C26H22N2O7S. The van der Waals surface area contributed by atoms with Gasteiger partial charge in [0.25, 0.3) is 11.1 Å². The van der Waals surface area contributed by atoms with Gasteiger partial charge in [0.15, 0.2) is 0 Å². The molecule has 184 valence electrons. The highest BCUT2D eigenvalue weighted by atomic mass is 32.2. The molecular weight excluding hydrogens is 484 g/mol. The Balaban J connectivity index is 1.40. The Hall–Kier alpha value is -4.31. The van der Waals surface area contributed by atoms with E-state index in [-0.39, 0.29) is 4.91 Å². The number of carbonyl (C=O) groups is 4. The van der Waals surface area contributed by atoms with Gasteiger partial charge in [0, 0.05) is 17.3 Å². The van der Waals surface area contributed by atoms with Crippen LogP contribution in [-0.2, 0) is 14.3 Å². The Morgan fingerprint density at radius 2 is 1.75 bits per heavy atom. The van der Waals surface area contributed by atoms with Crippen LogP contribution in [0.25, 0.3) is 17.4 Å². The van der Waals surface area contributed by atoms with Crippen molar-refractivity contribution in [3.63, 3.8) is 0 Å². The molecule has 36 heavy (non-hydrogen) atoms. The van der Waals surface area contributed by atoms with Gasteiger partial charge < -0.3 is 19.2 Å². The van der Waals surface area contributed by atoms with E-state index in [9.17, 15) is 19.2 Å². The van der Waals surface area contributed by atoms with Crippen molar-refractivity contribution in [1.29, 1.82) is 0 Å². The summed E-state index contributed by atoms with van der Waals surface area (Å²) in [5.41, 5.74) is 1.66. The standard InChI is InChI=1S/C26H22N2O7S/c1-3-34-19-10-8-18(9-11-19)27-23(29)15-28-24(30)22(36-26(28)32)14-20-12-13-21(35-20)16-4-6-17(7-5-16)25(31)33-2/h4-14H,3,15H2,1-2H3,(H,27,29)/b22-14+. The number of anilines is 1. The summed E-state index contributed by atoms with van der Waals surface area (Å²) in [6.07, 6.45) is 1.46. The van der Waals surface area contributed by atoms with Gasteiger partial charge in [0.1, 0.15) is 23.8 Å². The number of hydrogen-bond donors (Lipinski definition) is 1. The van der Waals surface area contributed by atoms with E-state index < -0.39 is 29.6 Å². The fourth-order valence-corrected chi connectivity index (χ4v) is 4.20. The van der Waals surface area contributed by atoms with Crippen molar-refractivity contribution in [3.8, 4) is 17.1 Å². The number of thioether (sulfide) groups is 1. The van der Waals surface area contributed by atoms with Gasteiger partial charge in [-0.25, -0.2) is 4.79 Å². The number of rotatable bonds is 8. The fourth-order valence-electron chi connectivity index (χ4n) is 3.38. The highest BCUT2D eigenvalue weighted by molar-refractivity contribution is 8.18. The fraction of sp³-hybridized carbons (Fsp3) is 0.154. The van der Waals surface area contributed by atoms with Crippen molar-refractivity contribution in [1.82, 2.24) is 4.90 Å². The number of imide groups is 1. The van der Waals surface area contributed by atoms with E-state index in [1.54, 1.807) is 60.7 Å². The van der Waals surface area contributed by atoms with Gasteiger partial charge in [0.2, 0.25) is 5.91 Å². The molecule has 1 aliphatic heterocycles. The number of hydrogen-bond acceptors (Lipinski definition) is 8. The first-order valence-corrected chi connectivity index (χ1v) is 11.8. The summed E-state index contributed by atoms with van der Waals surface area (Å²) in [5, 5.41) is 2.12. The molecule has 1 aliphatic rings. The second-order valence-electron chi connectivity index (χ2n) is 7.54. The number of amides is 3. The summed E-state index contributed by atoms with van der Waals surface area (Å²) >= 11 is 0.736. The Morgan fingerprint density at radius 3 is 2.42 bits per heavy atom. The summed E-state index contributed by atoms with van der Waals surface area (Å²) < 4.78 is 15.8. The zero-order valence-electron chi connectivity index (χ0n) is 19.5. The van der Waals surface area contributed by atoms with Gasteiger partial charge in [-0.15, -0.1) is 0 Å². The molecule has 0 bridgehead atoms. The summed E-state index contributed by atoms with van der Waals surface area (Å²) in [5.74, 6) is 0.0417. The van der Waals surface area contributed by atoms with Gasteiger partial charge >= 0.3 is 5.97 Å². The first-order chi connectivity index (χ1) is 17.4. The first kappa shape index (κ1) is 24.8. The number of carbonyl (C=O) groups excluding carboxylic acids is 4. The Labute approximate surface area is 211 Å². The Morgan fingerprint density at radius 1 is 1.03 bits per heavy atom. The van der Waals surface area contributed by atoms with Crippen LogP contribution in [0.1, 0.15) is 23.0 Å². The minimum Gasteiger partial charge on any atom is -0.494 e. The van der Waals surface area contributed by atoms with E-state index in [2.05, 4.69) is 10.1 Å². The molecule has 0 radical (unpaired) electrons. The van der Waals surface area contributed by atoms with Crippen molar-refractivity contribution >= 4 is 46.5 Å². The topological polar surface area (TPSA) is 115 Å². The highest BCUT2D eigenvalue weighted by Crippen LogP contribution is 2.33. The molecule has 0 atom stereocenters. The third-order valence-electron chi connectivity index (χ3n) is 5.12. The molecule has 1 N–H and O–H groups in total. The maximum Gasteiger partial charge on any atom is 0.337 e. The molecule has 2 aromatic carbocycles. The zero-order chi connectivity index (χ0) is 25.7. The molecule has 1 aromatic heterocycles. The molecule has 10 heteroatoms. The summed E-state index contributed by atoms with van der Waals surface area (Å²) in [7, 11) is 1.31. The molecule has 1 fully saturated rings. The van der Waals surface area contributed by atoms with Crippen LogP contribution >= 0.6 is 11.8 Å². The van der Waals surface area contributed by atoms with E-state index in [0.29, 0.717) is 35.1 Å². The average Bonchev–Trinajstić information content (AvgIpc) is 3.45. The van der Waals surface area contributed by atoms with Crippen LogP contribution < -0.4 is 10.1 Å². The monoisotopic (exact) mass is 506 g/mol. The van der Waals surface area contributed by atoms with Gasteiger partial charge in [-0.2, -0.15) is 0 Å². The van der Waals surface area contributed by atoms with Crippen molar-refractivity contribution in [3.05, 3.63) is 76.9 Å². The maximum absolute atomic E-state index is 12.8. The predicted molar refractivity (Wildman–Crippen MR) is 134 cm³/mol. The van der Waals surface area contributed by atoms with E-state index in [1.807, 2.05) is 6.92 Å². The highest BCUT2D eigenvalue weighted by Gasteiger charge is 2.36. The number of methoxy groups -OCH3 is 1. The lowest BCUT2D eigenvalue weighted by Crippen LogP contribution is -2.36. The summed E-state index contributed by atoms with van der Waals surface area (Å²) in [4.78, 5) is 50.2. The Bertz CT molecular complexity index is 1330. The van der Waals surface area contributed by atoms with Crippen LogP contribution in [0.2, 0.25) is 0 Å². The van der Waals surface area contributed by atoms with Crippen molar-refractivity contribution in [2.24, 2.45) is 0 Å². The van der Waals surface area contributed by atoms with Gasteiger partial charge in [-0.3, -0.25) is 19.3 Å². The first-order valence-electron chi connectivity index (χ1n) is 10.9. The smallest absolute Gasteiger partial charge is 0.337 e. The second-order valence-corrected chi connectivity index (χ2v) is 8.54. The summed E-state index contributed by atoms with van der Waals surface area (Å²) in [6.45, 7) is 1.99. The third-order valence-corrected chi connectivity index (χ3v) is 6.02. The van der Waals surface area contributed by atoms with Crippen LogP contribution in [0.15, 0.2) is 70.0 Å². The molecule has 3 aromatic rings. The lowest BCUT2D eigenvalue weighted by Gasteiger charge is -2.12. The van der Waals surface area contributed by atoms with Crippen LogP contribution in [0.5, 0.6) is 5.75 Å². The van der Waals surface area contributed by atoms with Crippen molar-refractivity contribution in [2.75, 3.05) is 25.6 Å². The van der Waals surface area contributed by atoms with Crippen LogP contribution in [0.4, 0.5) is 10.5 Å². The molecule has 1 saturated heterocycles. The average molecular weight is 507 g/mol. The SMILES string of the molecule is CCOc1ccc(NC(=O)CN2C(=O)S/C(=C/c3ccc(-c4ccc(C(=O)OC)cc4)o3)C2=O)cc1. The number of nitrogens with zero attached hydrogens (tertiary/aromatic N) is 1. The minimum absolute atomic E-state index is 0.149. The van der Waals surface area contributed by atoms with Crippen LogP contribution in [-0.4, -0.2) is 48.2 Å². The zero-order valence-corrected chi connectivity index (χ0v) is 20.3. The van der Waals surface area contributed by atoms with Crippen molar-refractivity contribution in [2.45, 2.75) is 6.92 Å². The maximum atomic E-state index is 12.8. The normalized spacial score (nSPS) is 14.3. The lowest BCUT2D eigenvalue weighted by atomic mass is 10.1. The predicted octanol–water partition coefficient (Wildman–Crippen LogP) is 4.81. The number of nitrogens with one attached hydrogen (secondary N) is 1. The number of esters is 1. The molecule has 0 aliphatic carbocycles. The largest absolute Gasteiger partial charge is 0.494 e. The quantitative estimate of drug-likeness (QED) is 0.342. The van der Waals surface area contributed by atoms with Crippen LogP contribution in [0.3, 0.4) is 0 Å². The third kappa shape index (κ3) is 5.66. The number of benzene rings is 2. The summed E-state index contributed by atoms with van der Waals surface area (Å²) in [6, 6.07) is 16.8. The minimum atomic E-state index is -0.577. The molecule has 0 unspecified atom stereocenters. The number of ether oxygens (including phenoxy) is 2. The second kappa shape index (κ2) is 11.0. The van der Waals surface area contributed by atoms with Crippen molar-refractivity contribution < 1.29 is 33.1 Å². The van der Waals surface area contributed by atoms with E-state index in [0.717, 1.165) is 22.2 Å². The van der Waals surface area contributed by atoms with Gasteiger partial charge in [-0.05, 0) is 67.2 Å². The van der Waals surface area contributed by atoms with Gasteiger partial charge in [0.05, 0.1) is 24.2 Å². The molecule has 3 amide bonds. The van der Waals surface area contributed by atoms with Gasteiger partial charge in [-0.1, -0.05) is 12.1 Å². The van der Waals surface area contributed by atoms with E-state index in [4.69, 9.17) is 9.15 Å². The molecule has 4 rings (SSSR count). The van der Waals surface area contributed by atoms with Crippen LogP contribution in [0, 0.1) is 0 Å². The Kier molecular flexibility index (Phi) is 7.55. The van der Waals surface area contributed by atoms with E-state index in [1.165, 1.54) is 13.2 Å². The number of furan rings is 1.